The molecule has 1 aromatic carbocycles. The predicted octanol–water partition coefficient (Wildman–Crippen LogP) is 4.05. The summed E-state index contributed by atoms with van der Waals surface area (Å²) in [5.74, 6) is 1.66. The Bertz CT molecular complexity index is 782. The zero-order valence-electron chi connectivity index (χ0n) is 11.7. The summed E-state index contributed by atoms with van der Waals surface area (Å²) < 4.78 is 6.57. The maximum absolute atomic E-state index is 5.74. The summed E-state index contributed by atoms with van der Waals surface area (Å²) in [4.78, 5) is 8.39. The lowest BCUT2D eigenvalue weighted by Gasteiger charge is -2.15. The van der Waals surface area contributed by atoms with Crippen molar-refractivity contribution in [1.82, 2.24) is 9.97 Å². The van der Waals surface area contributed by atoms with E-state index in [1.807, 2.05) is 25.1 Å². The highest BCUT2D eigenvalue weighted by atomic mass is 79.9. The van der Waals surface area contributed by atoms with Gasteiger partial charge in [0.1, 0.15) is 11.6 Å². The maximum atomic E-state index is 5.74. The van der Waals surface area contributed by atoms with Gasteiger partial charge in [-0.3, -0.25) is 0 Å². The normalized spacial score (nSPS) is 12.5. The fourth-order valence-electron chi connectivity index (χ4n) is 2.21. The number of rotatable bonds is 3. The number of furan rings is 1. The number of aryl methyl sites for hydroxylation is 1. The highest BCUT2D eigenvalue weighted by molar-refractivity contribution is 9.10. The molecule has 0 bridgehead atoms. The van der Waals surface area contributed by atoms with Crippen LogP contribution in [0.3, 0.4) is 0 Å². The van der Waals surface area contributed by atoms with Gasteiger partial charge < -0.3 is 15.5 Å². The second-order valence-electron chi connectivity index (χ2n) is 4.92. The van der Waals surface area contributed by atoms with E-state index < -0.39 is 0 Å². The number of nitrogens with two attached hydrogens (primary N) is 1. The number of fused-ring (bicyclic) bond motifs is 1. The number of anilines is 2. The molecule has 3 aromatic rings. The van der Waals surface area contributed by atoms with Gasteiger partial charge in [-0.25, -0.2) is 0 Å². The molecule has 0 saturated heterocycles. The van der Waals surface area contributed by atoms with Gasteiger partial charge in [-0.2, -0.15) is 9.97 Å². The van der Waals surface area contributed by atoms with E-state index in [2.05, 4.69) is 50.3 Å². The summed E-state index contributed by atoms with van der Waals surface area (Å²) in [6.07, 6.45) is 0. The molecule has 0 saturated carbocycles. The average molecular weight is 347 g/mol. The molecule has 1 atom stereocenters. The van der Waals surface area contributed by atoms with Crippen molar-refractivity contribution in [2.24, 2.45) is 0 Å². The molecule has 0 aliphatic carbocycles. The van der Waals surface area contributed by atoms with E-state index in [1.165, 1.54) is 0 Å². The van der Waals surface area contributed by atoms with Crippen LogP contribution in [0.1, 0.15) is 24.3 Å². The number of halogens is 1. The maximum Gasteiger partial charge on any atom is 0.233 e. The molecule has 5 nitrogen and oxygen atoms in total. The zero-order chi connectivity index (χ0) is 15.0. The molecule has 0 unspecified atom stereocenters. The Morgan fingerprint density at radius 3 is 2.67 bits per heavy atom. The minimum atomic E-state index is 0.0887. The second kappa shape index (κ2) is 5.37. The molecule has 2 heterocycles. The number of hydrogen-bond acceptors (Lipinski definition) is 5. The van der Waals surface area contributed by atoms with E-state index in [1.54, 1.807) is 0 Å². The van der Waals surface area contributed by atoms with Gasteiger partial charge >= 0.3 is 0 Å². The monoisotopic (exact) mass is 346 g/mol. The molecule has 108 valence electrons. The van der Waals surface area contributed by atoms with Crippen LogP contribution in [0.5, 0.6) is 0 Å². The molecule has 6 heteroatoms. The number of hydrogen-bond donors (Lipinski definition) is 2. The number of nitrogens with one attached hydrogen (secondary N) is 1. The Morgan fingerprint density at radius 2 is 1.95 bits per heavy atom. The van der Waals surface area contributed by atoms with Crippen LogP contribution in [0.25, 0.3) is 11.1 Å². The van der Waals surface area contributed by atoms with E-state index in [-0.39, 0.29) is 12.0 Å². The zero-order valence-corrected chi connectivity index (χ0v) is 13.3. The molecule has 0 fully saturated rings. The molecule has 3 N–H and O–H groups in total. The number of nitrogens with zero attached hydrogens (tertiary/aromatic N) is 2. The van der Waals surface area contributed by atoms with Crippen molar-refractivity contribution in [2.45, 2.75) is 19.9 Å². The second-order valence-corrected chi connectivity index (χ2v) is 5.84. The first-order valence-electron chi connectivity index (χ1n) is 6.58. The van der Waals surface area contributed by atoms with E-state index >= 15 is 0 Å². The third-order valence-electron chi connectivity index (χ3n) is 3.26. The molecule has 2 aromatic heterocycles. The van der Waals surface area contributed by atoms with Gasteiger partial charge in [0.2, 0.25) is 11.7 Å². The smallest absolute Gasteiger partial charge is 0.233 e. The van der Waals surface area contributed by atoms with Crippen molar-refractivity contribution in [3.8, 4) is 0 Å². The molecule has 21 heavy (non-hydrogen) atoms. The molecule has 0 aliphatic heterocycles. The van der Waals surface area contributed by atoms with Crippen LogP contribution in [0.4, 0.5) is 11.8 Å². The molecule has 0 aliphatic rings. The molecule has 3 rings (SSSR count). The van der Waals surface area contributed by atoms with Gasteiger partial charge in [-0.05, 0) is 37.6 Å². The van der Waals surface area contributed by atoms with Gasteiger partial charge in [-0.15, -0.1) is 0 Å². The average Bonchev–Trinajstić information content (AvgIpc) is 2.79. The third-order valence-corrected chi connectivity index (χ3v) is 3.79. The van der Waals surface area contributed by atoms with Crippen molar-refractivity contribution < 1.29 is 4.42 Å². The minimum Gasteiger partial charge on any atom is -0.443 e. The lowest BCUT2D eigenvalue weighted by Crippen LogP contribution is -2.09. The van der Waals surface area contributed by atoms with Gasteiger partial charge in [0, 0.05) is 10.5 Å². The van der Waals surface area contributed by atoms with Crippen LogP contribution < -0.4 is 11.1 Å². The highest BCUT2D eigenvalue weighted by Gasteiger charge is 2.13. The lowest BCUT2D eigenvalue weighted by molar-refractivity contribution is 0.567. The molecular formula is C15H15BrN4O. The first kappa shape index (κ1) is 13.9. The van der Waals surface area contributed by atoms with Crippen LogP contribution in [0.15, 0.2) is 39.2 Å². The van der Waals surface area contributed by atoms with Crippen molar-refractivity contribution in [2.75, 3.05) is 11.1 Å². The fourth-order valence-corrected chi connectivity index (χ4v) is 2.47. The first-order valence-corrected chi connectivity index (χ1v) is 7.38. The third kappa shape index (κ3) is 2.85. The summed E-state index contributed by atoms with van der Waals surface area (Å²) in [6.45, 7) is 3.94. The Kier molecular flexibility index (Phi) is 3.55. The van der Waals surface area contributed by atoms with Crippen LogP contribution >= 0.6 is 15.9 Å². The largest absolute Gasteiger partial charge is 0.443 e. The van der Waals surface area contributed by atoms with E-state index in [0.717, 1.165) is 21.2 Å². The van der Waals surface area contributed by atoms with Crippen LogP contribution in [0, 0.1) is 6.92 Å². The predicted molar refractivity (Wildman–Crippen MR) is 87.1 cm³/mol. The lowest BCUT2D eigenvalue weighted by atomic mass is 10.1. The highest BCUT2D eigenvalue weighted by Crippen LogP contribution is 2.28. The van der Waals surface area contributed by atoms with Crippen molar-refractivity contribution in [1.29, 1.82) is 0 Å². The number of aromatic nitrogens is 2. The summed E-state index contributed by atoms with van der Waals surface area (Å²) >= 11 is 3.44. The van der Waals surface area contributed by atoms with E-state index in [0.29, 0.717) is 11.5 Å². The molecule has 0 radical (unpaired) electrons. The van der Waals surface area contributed by atoms with Crippen LogP contribution in [-0.4, -0.2) is 9.97 Å². The molecule has 0 spiro atoms. The van der Waals surface area contributed by atoms with Gasteiger partial charge in [0.25, 0.3) is 0 Å². The minimum absolute atomic E-state index is 0.0887. The van der Waals surface area contributed by atoms with E-state index in [9.17, 15) is 0 Å². The van der Waals surface area contributed by atoms with Crippen molar-refractivity contribution in [3.63, 3.8) is 0 Å². The Hall–Kier alpha value is -2.08. The number of benzene rings is 1. The first-order chi connectivity index (χ1) is 10.0. The van der Waals surface area contributed by atoms with Gasteiger partial charge in [-0.1, -0.05) is 28.1 Å². The SMILES string of the molecule is Cc1cc2c(N[C@@H](C)c3ccc(Br)cc3)nc(N)nc2o1. The summed E-state index contributed by atoms with van der Waals surface area (Å²) in [5.41, 5.74) is 7.40. The van der Waals surface area contributed by atoms with Gasteiger partial charge in [0.15, 0.2) is 0 Å². The van der Waals surface area contributed by atoms with Crippen LogP contribution in [0.2, 0.25) is 0 Å². The summed E-state index contributed by atoms with van der Waals surface area (Å²) in [7, 11) is 0. The Morgan fingerprint density at radius 1 is 1.24 bits per heavy atom. The van der Waals surface area contributed by atoms with Gasteiger partial charge in [0.05, 0.1) is 5.39 Å². The van der Waals surface area contributed by atoms with Crippen molar-refractivity contribution in [3.05, 3.63) is 46.1 Å². The fraction of sp³-hybridized carbons (Fsp3) is 0.200. The van der Waals surface area contributed by atoms with E-state index in [4.69, 9.17) is 10.2 Å². The summed E-state index contributed by atoms with van der Waals surface area (Å²) in [6, 6.07) is 10.1. The molecule has 0 amide bonds. The standard InChI is InChI=1S/C15H15BrN4O/c1-8-7-12-13(19-15(17)20-14(12)21-8)18-9(2)10-3-5-11(16)6-4-10/h3-7,9H,1-2H3,(H3,17,18,19,20)/t9-/m0/s1. The topological polar surface area (TPSA) is 77.0 Å². The summed E-state index contributed by atoms with van der Waals surface area (Å²) in [5, 5.41) is 4.21. The molecular weight excluding hydrogens is 332 g/mol. The quantitative estimate of drug-likeness (QED) is 0.747. The van der Waals surface area contributed by atoms with Crippen LogP contribution in [-0.2, 0) is 0 Å². The van der Waals surface area contributed by atoms with Crippen molar-refractivity contribution >= 4 is 38.8 Å². The number of nitrogen functional groups attached to an aromatic ring is 1. The Labute approximate surface area is 130 Å². The Balaban J connectivity index is 1.95.